The molecule has 4 rings (SSSR count). The van der Waals surface area contributed by atoms with Gasteiger partial charge < -0.3 is 25.4 Å². The number of hydrogen-bond acceptors (Lipinski definition) is 9. The summed E-state index contributed by atoms with van der Waals surface area (Å²) in [5.41, 5.74) is 4.46. The number of nitrogens with zero attached hydrogens (tertiary/aromatic N) is 3. The molecule has 4 aromatic rings. The van der Waals surface area contributed by atoms with Gasteiger partial charge in [0, 0.05) is 31.0 Å². The molecule has 10 nitrogen and oxygen atoms in total. The summed E-state index contributed by atoms with van der Waals surface area (Å²) >= 11 is 2.97. The molecule has 0 aliphatic rings. The van der Waals surface area contributed by atoms with Crippen LogP contribution >= 0.6 is 22.7 Å². The number of carbonyl (C=O) groups is 3. The minimum atomic E-state index is -0.986. The number of benzene rings is 2. The standard InChI is InChI=1S/C38H49N5O5S2/c1-25(2)35(42-37(46)43(5)21-30-23-49-36(40-30)26(3)4)34(45)19-29(16-27-12-8-6-9-13-27)18-33(44)32(17-28-14-10-7-11-15-28)41-38(47)48-22-31-20-39-24-50-31/h6-15,20,23-26,29,32-33,35,44H,16-19,21-22H2,1-5H3,(H,41,47)(H,42,46)/t29-,32-,33-,35?/m0/s1. The number of hydrogen-bond donors (Lipinski definition) is 3. The van der Waals surface area contributed by atoms with E-state index in [0.717, 1.165) is 26.7 Å². The Morgan fingerprint density at radius 3 is 2.16 bits per heavy atom. The Bertz CT molecular complexity index is 1610. The highest BCUT2D eigenvalue weighted by Crippen LogP contribution is 2.24. The van der Waals surface area contributed by atoms with Gasteiger partial charge in [-0.25, -0.2) is 14.6 Å². The van der Waals surface area contributed by atoms with Crippen LogP contribution in [0.1, 0.15) is 73.2 Å². The number of nitrogens with one attached hydrogen (secondary N) is 2. The van der Waals surface area contributed by atoms with Crippen LogP contribution in [-0.4, -0.2) is 63.1 Å². The largest absolute Gasteiger partial charge is 0.444 e. The maximum absolute atomic E-state index is 14.0. The van der Waals surface area contributed by atoms with E-state index >= 15 is 0 Å². The summed E-state index contributed by atoms with van der Waals surface area (Å²) in [6.45, 7) is 8.41. The predicted octanol–water partition coefficient (Wildman–Crippen LogP) is 7.00. The second-order valence-electron chi connectivity index (χ2n) is 13.4. The fourth-order valence-electron chi connectivity index (χ4n) is 5.74. The first-order chi connectivity index (χ1) is 24.0. The highest BCUT2D eigenvalue weighted by atomic mass is 32.1. The van der Waals surface area contributed by atoms with Crippen LogP contribution in [0.5, 0.6) is 0 Å². The zero-order chi connectivity index (χ0) is 36.0. The Morgan fingerprint density at radius 1 is 0.920 bits per heavy atom. The first kappa shape index (κ1) is 38.7. The number of Topliss-reactive ketones (excluding diaryl/α,β-unsaturated/α-hetero) is 1. The van der Waals surface area contributed by atoms with Gasteiger partial charge >= 0.3 is 12.1 Å². The average Bonchev–Trinajstić information content (AvgIpc) is 3.79. The van der Waals surface area contributed by atoms with Crippen LogP contribution in [0.4, 0.5) is 9.59 Å². The molecular weight excluding hydrogens is 671 g/mol. The highest BCUT2D eigenvalue weighted by molar-refractivity contribution is 7.09. The van der Waals surface area contributed by atoms with Crippen molar-refractivity contribution in [3.63, 3.8) is 0 Å². The number of aliphatic hydroxyl groups is 1. The summed E-state index contributed by atoms with van der Waals surface area (Å²) in [4.78, 5) is 51.2. The predicted molar refractivity (Wildman–Crippen MR) is 198 cm³/mol. The Kier molecular flexibility index (Phi) is 14.9. The summed E-state index contributed by atoms with van der Waals surface area (Å²) in [6.07, 6.45) is 1.31. The van der Waals surface area contributed by atoms with E-state index in [-0.39, 0.29) is 43.1 Å². The lowest BCUT2D eigenvalue weighted by molar-refractivity contribution is -0.123. The second-order valence-corrected chi connectivity index (χ2v) is 15.2. The smallest absolute Gasteiger partial charge is 0.407 e. The number of rotatable bonds is 18. The molecule has 0 saturated heterocycles. The zero-order valence-electron chi connectivity index (χ0n) is 29.5. The molecule has 3 amide bonds. The molecule has 0 spiro atoms. The molecule has 268 valence electrons. The lowest BCUT2D eigenvalue weighted by atomic mass is 9.84. The molecular formula is C38H49N5O5S2. The van der Waals surface area contributed by atoms with Crippen molar-refractivity contribution in [1.29, 1.82) is 0 Å². The van der Waals surface area contributed by atoms with Crippen LogP contribution in [-0.2, 0) is 35.5 Å². The number of thiazole rings is 2. The van der Waals surface area contributed by atoms with Gasteiger partial charge in [-0.1, -0.05) is 88.4 Å². The monoisotopic (exact) mass is 719 g/mol. The number of aliphatic hydroxyl groups excluding tert-OH is 1. The molecule has 0 bridgehead atoms. The van der Waals surface area contributed by atoms with Crippen molar-refractivity contribution in [2.24, 2.45) is 11.8 Å². The fourth-order valence-corrected chi connectivity index (χ4v) is 7.07. The first-order valence-corrected chi connectivity index (χ1v) is 18.8. The van der Waals surface area contributed by atoms with Crippen LogP contribution in [0.3, 0.4) is 0 Å². The van der Waals surface area contributed by atoms with Crippen LogP contribution in [0.2, 0.25) is 0 Å². The van der Waals surface area contributed by atoms with Crippen LogP contribution in [0.15, 0.2) is 77.8 Å². The third-order valence-electron chi connectivity index (χ3n) is 8.43. The van der Waals surface area contributed by atoms with E-state index in [1.165, 1.54) is 11.3 Å². The lowest BCUT2D eigenvalue weighted by Gasteiger charge is -2.29. The molecule has 12 heteroatoms. The highest BCUT2D eigenvalue weighted by Gasteiger charge is 2.31. The molecule has 2 aromatic carbocycles. The number of alkyl carbamates (subject to hydrolysis) is 1. The van der Waals surface area contributed by atoms with Crippen molar-refractivity contribution in [3.8, 4) is 0 Å². The molecule has 3 N–H and O–H groups in total. The van der Waals surface area contributed by atoms with Gasteiger partial charge in [-0.3, -0.25) is 9.78 Å². The summed E-state index contributed by atoms with van der Waals surface area (Å²) in [5.74, 6) is -0.226. The topological polar surface area (TPSA) is 134 Å². The van der Waals surface area contributed by atoms with E-state index in [4.69, 9.17) is 4.74 Å². The van der Waals surface area contributed by atoms with Gasteiger partial charge in [-0.05, 0) is 42.2 Å². The van der Waals surface area contributed by atoms with Gasteiger partial charge in [0.1, 0.15) is 6.61 Å². The van der Waals surface area contributed by atoms with Gasteiger partial charge in [0.05, 0.1) is 45.8 Å². The van der Waals surface area contributed by atoms with Gasteiger partial charge in [-0.15, -0.1) is 22.7 Å². The number of urea groups is 1. The number of amides is 3. The fraction of sp³-hybridized carbons (Fsp3) is 0.447. The van der Waals surface area contributed by atoms with Gasteiger partial charge in [0.15, 0.2) is 5.78 Å². The quantitative estimate of drug-likeness (QED) is 0.101. The molecule has 0 aliphatic carbocycles. The van der Waals surface area contributed by atoms with E-state index in [9.17, 15) is 19.5 Å². The number of ether oxygens (including phenoxy) is 1. The zero-order valence-corrected chi connectivity index (χ0v) is 31.1. The number of carbonyl (C=O) groups excluding carboxylic acids is 3. The maximum Gasteiger partial charge on any atom is 0.407 e. The minimum Gasteiger partial charge on any atom is -0.444 e. The van der Waals surface area contributed by atoms with Crippen LogP contribution in [0, 0.1) is 11.8 Å². The Balaban J connectivity index is 1.46. The van der Waals surface area contributed by atoms with Gasteiger partial charge in [-0.2, -0.15) is 0 Å². The molecule has 2 heterocycles. The maximum atomic E-state index is 14.0. The Labute approximate surface area is 303 Å². The van der Waals surface area contributed by atoms with Crippen molar-refractivity contribution in [3.05, 3.63) is 104 Å². The van der Waals surface area contributed by atoms with Crippen LogP contribution in [0.25, 0.3) is 0 Å². The molecule has 50 heavy (non-hydrogen) atoms. The molecule has 0 aliphatic heterocycles. The molecule has 1 unspecified atom stereocenters. The molecule has 4 atom stereocenters. The summed E-state index contributed by atoms with van der Waals surface area (Å²) < 4.78 is 5.44. The first-order valence-electron chi connectivity index (χ1n) is 17.0. The second kappa shape index (κ2) is 19.3. The third-order valence-corrected chi connectivity index (χ3v) is 10.4. The number of ketones is 1. The summed E-state index contributed by atoms with van der Waals surface area (Å²) in [6, 6.07) is 17.7. The van der Waals surface area contributed by atoms with Gasteiger partial charge in [0.2, 0.25) is 0 Å². The van der Waals surface area contributed by atoms with Crippen molar-refractivity contribution in [1.82, 2.24) is 25.5 Å². The SMILES string of the molecule is CC(C)c1nc(CN(C)C(=O)NC(C(=O)C[C@@H](Cc2ccccc2)C[C@H](O)[C@H](Cc2ccccc2)NC(=O)OCc2cncs2)C(C)C)cs1. The van der Waals surface area contributed by atoms with Crippen molar-refractivity contribution >= 4 is 40.6 Å². The summed E-state index contributed by atoms with van der Waals surface area (Å²) in [5, 5.41) is 20.5. The Morgan fingerprint density at radius 2 is 1.58 bits per heavy atom. The Hall–Kier alpha value is -4.13. The van der Waals surface area contributed by atoms with E-state index in [2.05, 4.69) is 34.4 Å². The van der Waals surface area contributed by atoms with Crippen LogP contribution < -0.4 is 10.6 Å². The average molecular weight is 720 g/mol. The van der Waals surface area contributed by atoms with Crippen molar-refractivity contribution in [2.45, 2.75) is 90.6 Å². The van der Waals surface area contributed by atoms with Gasteiger partial charge in [0.25, 0.3) is 0 Å². The molecule has 0 fully saturated rings. The number of aromatic nitrogens is 2. The van der Waals surface area contributed by atoms with E-state index < -0.39 is 24.3 Å². The third kappa shape index (κ3) is 12.3. The lowest BCUT2D eigenvalue weighted by Crippen LogP contribution is -2.49. The van der Waals surface area contributed by atoms with Crippen molar-refractivity contribution in [2.75, 3.05) is 7.05 Å². The summed E-state index contributed by atoms with van der Waals surface area (Å²) in [7, 11) is 1.70. The molecule has 0 saturated carbocycles. The van der Waals surface area contributed by atoms with E-state index in [1.807, 2.05) is 79.9 Å². The molecule has 0 radical (unpaired) electrons. The van der Waals surface area contributed by atoms with E-state index in [1.54, 1.807) is 35.0 Å². The normalized spacial score (nSPS) is 13.8. The van der Waals surface area contributed by atoms with Crippen molar-refractivity contribution < 1.29 is 24.2 Å². The molecule has 2 aromatic heterocycles. The minimum absolute atomic E-state index is 0.0794. The van der Waals surface area contributed by atoms with E-state index in [0.29, 0.717) is 25.3 Å².